The molecule has 0 fully saturated rings. The molecule has 0 spiro atoms. The number of hydrogen-bond donors (Lipinski definition) is 4. The molecule has 2 atom stereocenters. The smallest absolute Gasteiger partial charge is 0.417 e. The predicted octanol–water partition coefficient (Wildman–Crippen LogP) is 1.49. The van der Waals surface area contributed by atoms with Gasteiger partial charge in [-0.25, -0.2) is 9.37 Å². The van der Waals surface area contributed by atoms with E-state index in [1.54, 1.807) is 7.05 Å². The van der Waals surface area contributed by atoms with E-state index in [1.807, 2.05) is 18.2 Å². The van der Waals surface area contributed by atoms with Crippen LogP contribution in [0.3, 0.4) is 0 Å². The number of aryl methyl sites for hydroxylation is 1. The number of carbonyl (C=O) groups excluding carboxylic acids is 2. The molecule has 13 nitrogen and oxygen atoms in total. The maximum absolute atomic E-state index is 13.7. The van der Waals surface area contributed by atoms with E-state index in [4.69, 9.17) is 0 Å². The van der Waals surface area contributed by atoms with E-state index >= 15 is 0 Å². The number of benzene rings is 2. The Morgan fingerprint density at radius 2 is 2.02 bits per heavy atom. The van der Waals surface area contributed by atoms with Crippen LogP contribution < -0.4 is 25.9 Å². The number of nitrogens with one attached hydrogen (secondary N) is 4. The van der Waals surface area contributed by atoms with Crippen molar-refractivity contribution in [1.82, 2.24) is 35.6 Å². The van der Waals surface area contributed by atoms with E-state index in [-0.39, 0.29) is 35.3 Å². The van der Waals surface area contributed by atoms with Gasteiger partial charge in [-0.1, -0.05) is 23.3 Å². The maximum atomic E-state index is 13.7. The number of aromatic nitrogens is 4. The summed E-state index contributed by atoms with van der Waals surface area (Å²) in [6.07, 6.45) is -2.53. The standard InChI is InChI=1S/C26H22F4N10O3/c1-39-37-22(36-38-39)15-3-5-16-14(9-15)4-7-18(16)34-24(42)20-10-19(35-25-32-12-33-40(20)25)23(41)31-11-13-2-6-17(27)21(8-13)43-26(28,29)30/h2-3,5-6,8-10,12,18,39H,4,7,11H2,1H3,(H3-,31,32,33,34,35,36,37,38,41,42)/t18-/m0/s1. The minimum absolute atomic E-state index is 0.00231. The number of halogens is 4. The largest absolute Gasteiger partial charge is 0.573 e. The van der Waals surface area contributed by atoms with E-state index in [0.717, 1.165) is 35.2 Å². The SMILES string of the molecule is C[NH+]1N=C(c2ccc3c(c2)CC[C@@H]3NC(=O)c2cc(C(=O)NCc3ccc(F)c(OC(F)(F)F)c3)nc3ncnn23)N[N-]1. The van der Waals surface area contributed by atoms with Crippen LogP contribution in [0.15, 0.2) is 53.9 Å². The Balaban J connectivity index is 1.18. The minimum atomic E-state index is -5.09. The van der Waals surface area contributed by atoms with Gasteiger partial charge in [0.2, 0.25) is 0 Å². The Kier molecular flexibility index (Phi) is 7.10. The average Bonchev–Trinajstić information content (AvgIpc) is 3.71. The molecule has 2 aromatic heterocycles. The summed E-state index contributed by atoms with van der Waals surface area (Å²) in [4.78, 5) is 34.5. The molecule has 2 amide bonds. The second-order valence-corrected chi connectivity index (χ2v) is 9.70. The number of fused-ring (bicyclic) bond motifs is 2. The molecule has 0 saturated carbocycles. The Morgan fingerprint density at radius 3 is 2.79 bits per heavy atom. The summed E-state index contributed by atoms with van der Waals surface area (Å²) in [7, 11) is 1.79. The summed E-state index contributed by atoms with van der Waals surface area (Å²) >= 11 is 0. The quantitative estimate of drug-likeness (QED) is 0.235. The molecule has 1 unspecified atom stereocenters. The van der Waals surface area contributed by atoms with Crippen LogP contribution in [-0.4, -0.2) is 50.6 Å². The first-order chi connectivity index (χ1) is 20.5. The highest BCUT2D eigenvalue weighted by atomic mass is 19.4. The van der Waals surface area contributed by atoms with Crippen LogP contribution in [0.1, 0.15) is 55.7 Å². The maximum Gasteiger partial charge on any atom is 0.573 e. The van der Waals surface area contributed by atoms with Gasteiger partial charge < -0.3 is 26.3 Å². The molecule has 2 aromatic carbocycles. The highest BCUT2D eigenvalue weighted by Gasteiger charge is 2.32. The third-order valence-corrected chi connectivity index (χ3v) is 6.79. The first kappa shape index (κ1) is 28.0. The van der Waals surface area contributed by atoms with Crippen LogP contribution in [0.25, 0.3) is 11.3 Å². The first-order valence-electron chi connectivity index (χ1n) is 12.9. The lowest BCUT2D eigenvalue weighted by Gasteiger charge is -2.16. The van der Waals surface area contributed by atoms with Crippen LogP contribution >= 0.6 is 0 Å². The van der Waals surface area contributed by atoms with E-state index in [2.05, 4.69) is 46.5 Å². The van der Waals surface area contributed by atoms with Crippen LogP contribution in [0, 0.1) is 5.82 Å². The molecular weight excluding hydrogens is 576 g/mol. The summed E-state index contributed by atoms with van der Waals surface area (Å²) < 4.78 is 56.3. The van der Waals surface area contributed by atoms with Crippen molar-refractivity contribution < 1.29 is 37.0 Å². The molecule has 43 heavy (non-hydrogen) atoms. The predicted molar refractivity (Wildman–Crippen MR) is 140 cm³/mol. The zero-order valence-electron chi connectivity index (χ0n) is 22.2. The fourth-order valence-electron chi connectivity index (χ4n) is 4.85. The molecule has 17 heteroatoms. The van der Waals surface area contributed by atoms with E-state index in [0.29, 0.717) is 17.4 Å². The molecule has 6 rings (SSSR count). The molecule has 2 aliphatic rings. The van der Waals surface area contributed by atoms with Gasteiger partial charge >= 0.3 is 6.36 Å². The Hall–Kier alpha value is -5.16. The van der Waals surface area contributed by atoms with Crippen molar-refractivity contribution in [3.8, 4) is 5.75 Å². The monoisotopic (exact) mass is 598 g/mol. The van der Waals surface area contributed by atoms with Gasteiger partial charge in [0.1, 0.15) is 17.7 Å². The van der Waals surface area contributed by atoms with Crippen molar-refractivity contribution >= 4 is 23.4 Å². The normalized spacial score (nSPS) is 17.7. The van der Waals surface area contributed by atoms with Crippen molar-refractivity contribution in [3.05, 3.63) is 93.8 Å². The van der Waals surface area contributed by atoms with E-state index in [1.165, 1.54) is 23.0 Å². The molecule has 4 N–H and O–H groups in total. The molecule has 4 aromatic rings. The molecule has 1 aliphatic heterocycles. The van der Waals surface area contributed by atoms with Crippen molar-refractivity contribution in [3.63, 3.8) is 0 Å². The molecule has 3 heterocycles. The lowest BCUT2D eigenvalue weighted by atomic mass is 10.0. The zero-order valence-corrected chi connectivity index (χ0v) is 22.2. The summed E-state index contributed by atoms with van der Waals surface area (Å²) in [5, 5.41) is 14.5. The fourth-order valence-corrected chi connectivity index (χ4v) is 4.85. The van der Waals surface area contributed by atoms with Gasteiger partial charge in [-0.2, -0.15) is 14.6 Å². The summed E-state index contributed by atoms with van der Waals surface area (Å²) in [6.45, 7) is -0.275. The number of nitrogens with zero attached hydrogens (tertiary/aromatic N) is 6. The molecule has 0 radical (unpaired) electrons. The van der Waals surface area contributed by atoms with Gasteiger partial charge in [-0.3, -0.25) is 14.7 Å². The summed E-state index contributed by atoms with van der Waals surface area (Å²) in [5.74, 6) is -2.87. The van der Waals surface area contributed by atoms with Crippen LogP contribution in [0.5, 0.6) is 5.75 Å². The molecule has 222 valence electrons. The third kappa shape index (κ3) is 5.93. The lowest BCUT2D eigenvalue weighted by Crippen LogP contribution is -2.98. The topological polar surface area (TPSA) is 153 Å². The van der Waals surface area contributed by atoms with Gasteiger partial charge in [0.25, 0.3) is 17.6 Å². The summed E-state index contributed by atoms with van der Waals surface area (Å²) in [6, 6.07) is 9.58. The number of amidine groups is 1. The number of carbonyl (C=O) groups is 2. The van der Waals surface area contributed by atoms with Crippen molar-refractivity contribution in [2.45, 2.75) is 31.8 Å². The fraction of sp³-hybridized carbons (Fsp3) is 0.231. The number of hydrogen-bond acceptors (Lipinski definition) is 8. The number of amides is 2. The van der Waals surface area contributed by atoms with Crippen LogP contribution in [0.2, 0.25) is 0 Å². The van der Waals surface area contributed by atoms with Gasteiger partial charge in [-0.05, 0) is 47.7 Å². The minimum Gasteiger partial charge on any atom is -0.417 e. The van der Waals surface area contributed by atoms with Crippen LogP contribution in [-0.2, 0) is 13.0 Å². The Morgan fingerprint density at radius 1 is 1.19 bits per heavy atom. The second kappa shape index (κ2) is 10.9. The molecule has 1 aliphatic carbocycles. The second-order valence-electron chi connectivity index (χ2n) is 9.70. The van der Waals surface area contributed by atoms with Gasteiger partial charge in [0.15, 0.2) is 17.4 Å². The summed E-state index contributed by atoms with van der Waals surface area (Å²) in [5.41, 5.74) is 9.79. The van der Waals surface area contributed by atoms with Crippen molar-refractivity contribution in [1.29, 1.82) is 0 Å². The number of quaternary nitrogens is 1. The number of alkyl halides is 3. The number of rotatable bonds is 7. The third-order valence-electron chi connectivity index (χ3n) is 6.79. The van der Waals surface area contributed by atoms with Gasteiger partial charge in [-0.15, -0.1) is 13.2 Å². The van der Waals surface area contributed by atoms with Crippen molar-refractivity contribution in [2.75, 3.05) is 7.05 Å². The lowest BCUT2D eigenvalue weighted by molar-refractivity contribution is -0.845. The van der Waals surface area contributed by atoms with E-state index in [9.17, 15) is 27.2 Å². The molecule has 0 saturated heterocycles. The Labute approximate surface area is 239 Å². The van der Waals surface area contributed by atoms with E-state index < -0.39 is 29.7 Å². The molecule has 0 bridgehead atoms. The van der Waals surface area contributed by atoms with Crippen LogP contribution in [0.4, 0.5) is 17.6 Å². The Bertz CT molecular complexity index is 1770. The average molecular weight is 599 g/mol. The van der Waals surface area contributed by atoms with Crippen molar-refractivity contribution in [2.24, 2.45) is 5.10 Å². The van der Waals surface area contributed by atoms with Gasteiger partial charge in [0.05, 0.1) is 13.1 Å². The molecular formula is C26H22F4N10O3. The first-order valence-corrected chi connectivity index (χ1v) is 12.9. The highest BCUT2D eigenvalue weighted by Crippen LogP contribution is 2.32. The number of ether oxygens (including phenoxy) is 1. The van der Waals surface area contributed by atoms with Gasteiger partial charge in [0, 0.05) is 18.2 Å². The highest BCUT2D eigenvalue weighted by molar-refractivity contribution is 6.00. The zero-order chi connectivity index (χ0) is 30.3.